The average Bonchev–Trinajstić information content (AvgIpc) is 3.02. The van der Waals surface area contributed by atoms with E-state index in [-0.39, 0.29) is 6.17 Å². The van der Waals surface area contributed by atoms with Gasteiger partial charge in [-0.05, 0) is 45.9 Å². The molecule has 2 heterocycles. The van der Waals surface area contributed by atoms with E-state index in [1.165, 1.54) is 0 Å². The number of hydrogen-bond donors (Lipinski definition) is 0. The summed E-state index contributed by atoms with van der Waals surface area (Å²) in [5.41, 5.74) is 5.19. The second-order valence-corrected chi connectivity index (χ2v) is 5.86. The maximum Gasteiger partial charge on any atom is 0.172 e. The molecule has 3 rings (SSSR count). The number of aryl methyl sites for hydroxylation is 4. The van der Waals surface area contributed by atoms with Gasteiger partial charge in [0.2, 0.25) is 0 Å². The number of nitrogens with zero attached hydrogens (tertiary/aromatic N) is 4. The molecule has 0 aliphatic carbocycles. The van der Waals surface area contributed by atoms with Gasteiger partial charge in [0.25, 0.3) is 0 Å². The SMILES string of the molecule is COc1ccccc1C(n1nc(C)cc1C)n1nc(C)cc1C. The van der Waals surface area contributed by atoms with Gasteiger partial charge in [-0.25, -0.2) is 9.36 Å². The third kappa shape index (κ3) is 2.74. The monoisotopic (exact) mass is 310 g/mol. The Morgan fingerprint density at radius 3 is 1.83 bits per heavy atom. The highest BCUT2D eigenvalue weighted by Crippen LogP contribution is 2.30. The normalized spacial score (nSPS) is 11.2. The first-order valence-electron chi connectivity index (χ1n) is 7.69. The first-order chi connectivity index (χ1) is 11.0. The first kappa shape index (κ1) is 15.3. The molecule has 0 aliphatic heterocycles. The summed E-state index contributed by atoms with van der Waals surface area (Å²) < 4.78 is 9.59. The molecule has 0 radical (unpaired) electrons. The molecule has 23 heavy (non-hydrogen) atoms. The highest BCUT2D eigenvalue weighted by molar-refractivity contribution is 5.37. The Morgan fingerprint density at radius 2 is 1.39 bits per heavy atom. The second kappa shape index (κ2) is 5.91. The minimum absolute atomic E-state index is 0.173. The summed E-state index contributed by atoms with van der Waals surface area (Å²) in [6.07, 6.45) is -0.173. The largest absolute Gasteiger partial charge is 0.496 e. The van der Waals surface area contributed by atoms with Gasteiger partial charge in [-0.2, -0.15) is 10.2 Å². The van der Waals surface area contributed by atoms with Crippen molar-refractivity contribution in [3.8, 4) is 5.75 Å². The van der Waals surface area contributed by atoms with Crippen LogP contribution >= 0.6 is 0 Å². The zero-order valence-corrected chi connectivity index (χ0v) is 14.2. The van der Waals surface area contributed by atoms with Gasteiger partial charge < -0.3 is 4.74 Å². The van der Waals surface area contributed by atoms with Crippen LogP contribution in [0.15, 0.2) is 36.4 Å². The lowest BCUT2D eigenvalue weighted by Crippen LogP contribution is -2.24. The highest BCUT2D eigenvalue weighted by Gasteiger charge is 2.24. The minimum Gasteiger partial charge on any atom is -0.496 e. The standard InChI is InChI=1S/C18H22N4O/c1-12-10-14(3)21(19-12)18(22-15(4)11-13(2)20-22)16-8-6-7-9-17(16)23-5/h6-11,18H,1-5H3. The highest BCUT2D eigenvalue weighted by atomic mass is 16.5. The van der Waals surface area contributed by atoms with Gasteiger partial charge >= 0.3 is 0 Å². The van der Waals surface area contributed by atoms with E-state index in [2.05, 4.69) is 42.2 Å². The van der Waals surface area contributed by atoms with Crippen LogP contribution in [0.25, 0.3) is 0 Å². The van der Waals surface area contributed by atoms with Gasteiger partial charge in [0.15, 0.2) is 6.17 Å². The van der Waals surface area contributed by atoms with Gasteiger partial charge in [-0.1, -0.05) is 18.2 Å². The molecule has 0 bridgehead atoms. The lowest BCUT2D eigenvalue weighted by molar-refractivity contribution is 0.364. The number of methoxy groups -OCH3 is 1. The molecule has 0 atom stereocenters. The summed E-state index contributed by atoms with van der Waals surface area (Å²) in [7, 11) is 1.69. The zero-order valence-electron chi connectivity index (χ0n) is 14.2. The Labute approximate surface area is 136 Å². The molecule has 0 amide bonds. The number of aromatic nitrogens is 4. The lowest BCUT2D eigenvalue weighted by atomic mass is 10.1. The summed E-state index contributed by atoms with van der Waals surface area (Å²) >= 11 is 0. The molecule has 5 heteroatoms. The van der Waals surface area contributed by atoms with Crippen molar-refractivity contribution >= 4 is 0 Å². The van der Waals surface area contributed by atoms with E-state index in [0.29, 0.717) is 0 Å². The van der Waals surface area contributed by atoms with E-state index in [4.69, 9.17) is 4.74 Å². The van der Waals surface area contributed by atoms with E-state index >= 15 is 0 Å². The van der Waals surface area contributed by atoms with Crippen molar-refractivity contribution in [1.82, 2.24) is 19.6 Å². The summed E-state index contributed by atoms with van der Waals surface area (Å²) in [6.45, 7) is 8.14. The van der Waals surface area contributed by atoms with Crippen molar-refractivity contribution in [3.63, 3.8) is 0 Å². The van der Waals surface area contributed by atoms with Crippen molar-refractivity contribution in [2.75, 3.05) is 7.11 Å². The molecule has 120 valence electrons. The summed E-state index contributed by atoms with van der Waals surface area (Å²) in [5, 5.41) is 9.38. The van der Waals surface area contributed by atoms with Gasteiger partial charge in [0.1, 0.15) is 5.75 Å². The van der Waals surface area contributed by atoms with Crippen molar-refractivity contribution in [2.45, 2.75) is 33.9 Å². The molecule has 0 fully saturated rings. The Morgan fingerprint density at radius 1 is 0.870 bits per heavy atom. The van der Waals surface area contributed by atoms with Gasteiger partial charge in [-0.15, -0.1) is 0 Å². The first-order valence-corrected chi connectivity index (χ1v) is 7.69. The molecule has 0 saturated carbocycles. The molecule has 0 spiro atoms. The molecule has 2 aromatic heterocycles. The Balaban J connectivity index is 2.26. The number of benzene rings is 1. The molecule has 5 nitrogen and oxygen atoms in total. The third-order valence-corrected chi connectivity index (χ3v) is 3.97. The summed E-state index contributed by atoms with van der Waals surface area (Å²) in [5.74, 6) is 0.831. The van der Waals surface area contributed by atoms with E-state index < -0.39 is 0 Å². The lowest BCUT2D eigenvalue weighted by Gasteiger charge is -2.23. The maximum absolute atomic E-state index is 5.58. The molecular formula is C18H22N4O. The summed E-state index contributed by atoms with van der Waals surface area (Å²) in [6, 6.07) is 12.2. The van der Waals surface area contributed by atoms with Crippen molar-refractivity contribution in [3.05, 3.63) is 64.7 Å². The molecule has 0 unspecified atom stereocenters. The Bertz CT molecular complexity index is 785. The van der Waals surface area contributed by atoms with E-state index in [9.17, 15) is 0 Å². The van der Waals surface area contributed by atoms with Crippen molar-refractivity contribution in [2.24, 2.45) is 0 Å². The smallest absolute Gasteiger partial charge is 0.172 e. The van der Waals surface area contributed by atoms with Crippen LogP contribution in [0, 0.1) is 27.7 Å². The number of hydrogen-bond acceptors (Lipinski definition) is 3. The van der Waals surface area contributed by atoms with Crippen LogP contribution in [0.5, 0.6) is 5.75 Å². The molecule has 0 aliphatic rings. The van der Waals surface area contributed by atoms with Gasteiger partial charge in [0, 0.05) is 17.0 Å². The molecule has 1 aromatic carbocycles. The van der Waals surface area contributed by atoms with E-state index in [1.807, 2.05) is 41.4 Å². The van der Waals surface area contributed by atoms with Gasteiger partial charge in [-0.3, -0.25) is 0 Å². The van der Waals surface area contributed by atoms with Crippen molar-refractivity contribution < 1.29 is 4.74 Å². The predicted molar refractivity (Wildman–Crippen MR) is 89.9 cm³/mol. The van der Waals surface area contributed by atoms with E-state index in [0.717, 1.165) is 34.1 Å². The Kier molecular flexibility index (Phi) is 3.94. The molecule has 0 N–H and O–H groups in total. The fraction of sp³-hybridized carbons (Fsp3) is 0.333. The zero-order chi connectivity index (χ0) is 16.6. The van der Waals surface area contributed by atoms with Crippen LogP contribution < -0.4 is 4.74 Å². The molecular weight excluding hydrogens is 288 g/mol. The molecule has 3 aromatic rings. The second-order valence-electron chi connectivity index (χ2n) is 5.86. The maximum atomic E-state index is 5.58. The van der Waals surface area contributed by atoms with Crippen LogP contribution in [0.4, 0.5) is 0 Å². The minimum atomic E-state index is -0.173. The average molecular weight is 310 g/mol. The fourth-order valence-corrected chi connectivity index (χ4v) is 3.03. The summed E-state index contributed by atoms with van der Waals surface area (Å²) in [4.78, 5) is 0. The third-order valence-electron chi connectivity index (χ3n) is 3.97. The molecule has 0 saturated heterocycles. The predicted octanol–water partition coefficient (Wildman–Crippen LogP) is 3.42. The Hall–Kier alpha value is -2.56. The topological polar surface area (TPSA) is 44.9 Å². The van der Waals surface area contributed by atoms with Gasteiger partial charge in [0.05, 0.1) is 18.5 Å². The van der Waals surface area contributed by atoms with Crippen LogP contribution in [0.3, 0.4) is 0 Å². The quantitative estimate of drug-likeness (QED) is 0.742. The number of ether oxygens (including phenoxy) is 1. The van der Waals surface area contributed by atoms with Crippen LogP contribution in [-0.2, 0) is 0 Å². The van der Waals surface area contributed by atoms with Crippen LogP contribution in [0.1, 0.15) is 34.5 Å². The fourth-order valence-electron chi connectivity index (χ4n) is 3.03. The van der Waals surface area contributed by atoms with Crippen molar-refractivity contribution in [1.29, 1.82) is 0 Å². The number of rotatable bonds is 4. The van der Waals surface area contributed by atoms with Crippen LogP contribution in [-0.4, -0.2) is 26.7 Å². The van der Waals surface area contributed by atoms with Crippen LogP contribution in [0.2, 0.25) is 0 Å². The number of para-hydroxylation sites is 1. The van der Waals surface area contributed by atoms with E-state index in [1.54, 1.807) is 7.11 Å².